The Morgan fingerprint density at radius 3 is 2.38 bits per heavy atom. The minimum absolute atomic E-state index is 0.0977. The lowest BCUT2D eigenvalue weighted by Gasteiger charge is -2.29. The highest BCUT2D eigenvalue weighted by atomic mass is 16.5. The second-order valence-electron chi connectivity index (χ2n) is 7.79. The van der Waals surface area contributed by atoms with Gasteiger partial charge in [-0.1, -0.05) is 42.5 Å². The molecule has 4 amide bonds. The molecule has 8 heteroatoms. The number of carbonyl (C=O) groups excluding carboxylic acids is 3. The Bertz CT molecular complexity index is 917. The number of urea groups is 1. The number of aryl methyl sites for hydroxylation is 1. The monoisotopic (exact) mass is 438 g/mol. The van der Waals surface area contributed by atoms with E-state index >= 15 is 0 Å². The molecule has 3 N–H and O–H groups in total. The third-order valence-corrected chi connectivity index (χ3v) is 5.64. The first kappa shape index (κ1) is 23.3. The highest BCUT2D eigenvalue weighted by molar-refractivity contribution is 5.96. The van der Waals surface area contributed by atoms with Crippen LogP contribution in [0.5, 0.6) is 5.75 Å². The number of ether oxygens (including phenoxy) is 1. The minimum Gasteiger partial charge on any atom is -0.497 e. The third kappa shape index (κ3) is 6.31. The molecule has 1 unspecified atom stereocenters. The van der Waals surface area contributed by atoms with Gasteiger partial charge in [-0.15, -0.1) is 0 Å². The fourth-order valence-corrected chi connectivity index (χ4v) is 4.00. The maximum atomic E-state index is 12.8. The number of nitrogens with zero attached hydrogens (tertiary/aromatic N) is 2. The van der Waals surface area contributed by atoms with Crippen LogP contribution in [0.2, 0.25) is 0 Å². The number of benzene rings is 2. The SMILES string of the molecule is COc1ccc(CCC(=O)N2CCCN(C(C(=O)NC(N)=O)c3ccccc3)CC2)cc1. The molecular formula is C24H30N4O4. The van der Waals surface area contributed by atoms with Crippen LogP contribution in [0.1, 0.15) is 30.0 Å². The van der Waals surface area contributed by atoms with Gasteiger partial charge in [0.2, 0.25) is 11.8 Å². The van der Waals surface area contributed by atoms with Crippen LogP contribution in [-0.4, -0.2) is 60.9 Å². The summed E-state index contributed by atoms with van der Waals surface area (Å²) in [6, 6.07) is 15.5. The number of hydrogen-bond donors (Lipinski definition) is 2. The van der Waals surface area contributed by atoms with E-state index in [4.69, 9.17) is 10.5 Å². The molecule has 0 spiro atoms. The zero-order chi connectivity index (χ0) is 22.9. The summed E-state index contributed by atoms with van der Waals surface area (Å²) in [5.74, 6) is 0.435. The van der Waals surface area contributed by atoms with Crippen molar-refractivity contribution in [3.8, 4) is 5.75 Å². The zero-order valence-corrected chi connectivity index (χ0v) is 18.3. The first-order valence-electron chi connectivity index (χ1n) is 10.8. The molecule has 1 atom stereocenters. The molecule has 170 valence electrons. The van der Waals surface area contributed by atoms with E-state index in [1.165, 1.54) is 0 Å². The Kier molecular flexibility index (Phi) is 8.21. The van der Waals surface area contributed by atoms with E-state index in [1.54, 1.807) is 7.11 Å². The Hall–Kier alpha value is -3.39. The van der Waals surface area contributed by atoms with E-state index < -0.39 is 18.0 Å². The summed E-state index contributed by atoms with van der Waals surface area (Å²) in [4.78, 5) is 40.7. The predicted octanol–water partition coefficient (Wildman–Crippen LogP) is 2.10. The summed E-state index contributed by atoms with van der Waals surface area (Å²) in [5, 5.41) is 2.21. The molecule has 1 aliphatic rings. The van der Waals surface area contributed by atoms with Crippen LogP contribution < -0.4 is 15.8 Å². The van der Waals surface area contributed by atoms with Gasteiger partial charge in [0.25, 0.3) is 0 Å². The molecule has 0 aromatic heterocycles. The largest absolute Gasteiger partial charge is 0.497 e. The zero-order valence-electron chi connectivity index (χ0n) is 18.3. The lowest BCUT2D eigenvalue weighted by molar-refractivity contribution is -0.131. The predicted molar refractivity (Wildman–Crippen MR) is 121 cm³/mol. The van der Waals surface area contributed by atoms with Gasteiger partial charge >= 0.3 is 6.03 Å². The van der Waals surface area contributed by atoms with Crippen molar-refractivity contribution in [2.24, 2.45) is 5.73 Å². The minimum atomic E-state index is -0.874. The highest BCUT2D eigenvalue weighted by Crippen LogP contribution is 2.23. The van der Waals surface area contributed by atoms with Crippen molar-refractivity contribution in [3.05, 3.63) is 65.7 Å². The Morgan fingerprint density at radius 1 is 1.00 bits per heavy atom. The molecular weight excluding hydrogens is 408 g/mol. The molecule has 0 radical (unpaired) electrons. The molecule has 0 aliphatic carbocycles. The van der Waals surface area contributed by atoms with Crippen LogP contribution in [0.3, 0.4) is 0 Å². The number of carbonyl (C=O) groups is 3. The Balaban J connectivity index is 1.62. The number of methoxy groups -OCH3 is 1. The normalized spacial score (nSPS) is 15.5. The quantitative estimate of drug-likeness (QED) is 0.689. The van der Waals surface area contributed by atoms with Gasteiger partial charge in [0.05, 0.1) is 7.11 Å². The molecule has 32 heavy (non-hydrogen) atoms. The van der Waals surface area contributed by atoms with Crippen molar-refractivity contribution in [1.29, 1.82) is 0 Å². The average Bonchev–Trinajstić information content (AvgIpc) is 3.04. The lowest BCUT2D eigenvalue weighted by Crippen LogP contribution is -2.46. The molecule has 8 nitrogen and oxygen atoms in total. The second kappa shape index (κ2) is 11.3. The maximum absolute atomic E-state index is 12.8. The van der Waals surface area contributed by atoms with Gasteiger partial charge in [-0.25, -0.2) is 4.79 Å². The van der Waals surface area contributed by atoms with Gasteiger partial charge in [-0.3, -0.25) is 19.8 Å². The van der Waals surface area contributed by atoms with Crippen molar-refractivity contribution < 1.29 is 19.1 Å². The second-order valence-corrected chi connectivity index (χ2v) is 7.79. The smallest absolute Gasteiger partial charge is 0.318 e. The van der Waals surface area contributed by atoms with Crippen LogP contribution >= 0.6 is 0 Å². The van der Waals surface area contributed by atoms with E-state index in [9.17, 15) is 14.4 Å². The summed E-state index contributed by atoms with van der Waals surface area (Å²) in [5.41, 5.74) is 7.05. The van der Waals surface area contributed by atoms with Gasteiger partial charge in [0.15, 0.2) is 0 Å². The number of primary amides is 1. The molecule has 1 fully saturated rings. The molecule has 0 bridgehead atoms. The van der Waals surface area contributed by atoms with Crippen LogP contribution in [0.4, 0.5) is 4.79 Å². The standard InChI is InChI=1S/C24H30N4O4/c1-32-20-11-8-18(9-12-20)10-13-21(29)27-14-5-15-28(17-16-27)22(23(30)26-24(25)31)19-6-3-2-4-7-19/h2-4,6-9,11-12,22H,5,10,13-17H2,1H3,(H3,25,26,30,31). The first-order valence-corrected chi connectivity index (χ1v) is 10.8. The van der Waals surface area contributed by atoms with Crippen molar-refractivity contribution in [1.82, 2.24) is 15.1 Å². The van der Waals surface area contributed by atoms with Crippen molar-refractivity contribution >= 4 is 17.8 Å². The van der Waals surface area contributed by atoms with Gasteiger partial charge in [0, 0.05) is 32.6 Å². The van der Waals surface area contributed by atoms with Crippen LogP contribution in [-0.2, 0) is 16.0 Å². The molecule has 1 saturated heterocycles. The summed E-state index contributed by atoms with van der Waals surface area (Å²) >= 11 is 0. The van der Waals surface area contributed by atoms with Crippen molar-refractivity contribution in [3.63, 3.8) is 0 Å². The Labute approximate surface area is 188 Å². The summed E-state index contributed by atoms with van der Waals surface area (Å²) in [6.45, 7) is 2.32. The lowest BCUT2D eigenvalue weighted by atomic mass is 10.0. The molecule has 2 aromatic rings. The number of imide groups is 1. The average molecular weight is 439 g/mol. The topological polar surface area (TPSA) is 105 Å². The summed E-state index contributed by atoms with van der Waals surface area (Å²) in [6.07, 6.45) is 1.83. The third-order valence-electron chi connectivity index (χ3n) is 5.64. The number of rotatable bonds is 7. The number of hydrogen-bond acceptors (Lipinski definition) is 5. The molecule has 1 heterocycles. The van der Waals surface area contributed by atoms with Crippen molar-refractivity contribution in [2.45, 2.75) is 25.3 Å². The molecule has 1 aliphatic heterocycles. The summed E-state index contributed by atoms with van der Waals surface area (Å²) < 4.78 is 5.17. The van der Waals surface area contributed by atoms with Crippen LogP contribution in [0, 0.1) is 0 Å². The van der Waals surface area contributed by atoms with E-state index in [-0.39, 0.29) is 5.91 Å². The van der Waals surface area contributed by atoms with Crippen LogP contribution in [0.25, 0.3) is 0 Å². The first-order chi connectivity index (χ1) is 15.5. The number of nitrogens with two attached hydrogens (primary N) is 1. The van der Waals surface area contributed by atoms with Gasteiger partial charge in [0.1, 0.15) is 11.8 Å². The molecule has 3 rings (SSSR count). The van der Waals surface area contributed by atoms with Crippen LogP contribution in [0.15, 0.2) is 54.6 Å². The fourth-order valence-electron chi connectivity index (χ4n) is 4.00. The van der Waals surface area contributed by atoms with Gasteiger partial charge < -0.3 is 15.4 Å². The maximum Gasteiger partial charge on any atom is 0.318 e. The van der Waals surface area contributed by atoms with Crippen molar-refractivity contribution in [2.75, 3.05) is 33.3 Å². The van der Waals surface area contributed by atoms with Gasteiger partial charge in [-0.2, -0.15) is 0 Å². The van der Waals surface area contributed by atoms with Gasteiger partial charge in [-0.05, 0) is 36.1 Å². The van der Waals surface area contributed by atoms with E-state index in [0.29, 0.717) is 39.0 Å². The number of amides is 4. The number of nitrogens with one attached hydrogen (secondary N) is 1. The molecule has 2 aromatic carbocycles. The highest BCUT2D eigenvalue weighted by Gasteiger charge is 2.30. The van der Waals surface area contributed by atoms with E-state index in [2.05, 4.69) is 5.32 Å². The summed E-state index contributed by atoms with van der Waals surface area (Å²) in [7, 11) is 1.63. The van der Waals surface area contributed by atoms with E-state index in [1.807, 2.05) is 64.4 Å². The Morgan fingerprint density at radius 2 is 1.72 bits per heavy atom. The fraction of sp³-hybridized carbons (Fsp3) is 0.375. The van der Waals surface area contributed by atoms with E-state index in [0.717, 1.165) is 23.3 Å². The molecule has 0 saturated carbocycles.